The van der Waals surface area contributed by atoms with Gasteiger partial charge in [-0.3, -0.25) is 14.9 Å². The molecule has 1 N–H and O–H groups in total. The van der Waals surface area contributed by atoms with Crippen molar-refractivity contribution in [3.63, 3.8) is 0 Å². The molecule has 202 valence electrons. The summed E-state index contributed by atoms with van der Waals surface area (Å²) in [7, 11) is 1.37. The number of carbonyl (C=O) groups is 2. The van der Waals surface area contributed by atoms with Gasteiger partial charge in [0.25, 0.3) is 5.91 Å². The Hall–Kier alpha value is -4.76. The topological polar surface area (TPSA) is 104 Å². The number of aryl methyl sites for hydroxylation is 2. The maximum atomic E-state index is 13.0. The average molecular weight is 554 g/mol. The predicted octanol–water partition coefficient (Wildman–Crippen LogP) is 6.71. The molecule has 5 aromatic rings. The second-order valence-electron chi connectivity index (χ2n) is 8.89. The number of anilines is 1. The van der Waals surface area contributed by atoms with Crippen molar-refractivity contribution in [2.24, 2.45) is 0 Å². The molecule has 40 heavy (non-hydrogen) atoms. The lowest BCUT2D eigenvalue weighted by Crippen LogP contribution is -2.11. The zero-order valence-electron chi connectivity index (χ0n) is 22.0. The van der Waals surface area contributed by atoms with Crippen molar-refractivity contribution in [1.29, 1.82) is 0 Å². The van der Waals surface area contributed by atoms with Crippen molar-refractivity contribution in [3.8, 4) is 28.5 Å². The molecule has 5 rings (SSSR count). The molecule has 2 aromatic heterocycles. The van der Waals surface area contributed by atoms with E-state index in [2.05, 4.69) is 15.3 Å². The van der Waals surface area contributed by atoms with Crippen LogP contribution in [0.5, 0.6) is 5.75 Å². The monoisotopic (exact) mass is 553 g/mol. The first-order chi connectivity index (χ1) is 19.5. The number of hydrogen-bond acceptors (Lipinski definition) is 8. The molecule has 2 heterocycles. The fourth-order valence-electron chi connectivity index (χ4n) is 4.00. The molecule has 3 aromatic carbocycles. The highest BCUT2D eigenvalue weighted by Crippen LogP contribution is 2.32. The normalized spacial score (nSPS) is 10.8. The summed E-state index contributed by atoms with van der Waals surface area (Å²) in [4.78, 5) is 34.8. The van der Waals surface area contributed by atoms with E-state index >= 15 is 0 Å². The zero-order chi connectivity index (χ0) is 27.9. The summed E-state index contributed by atoms with van der Waals surface area (Å²) in [6.07, 6.45) is 0.698. The molecule has 0 bridgehead atoms. The van der Waals surface area contributed by atoms with Gasteiger partial charge in [-0.05, 0) is 49.7 Å². The maximum Gasteiger partial charge on any atom is 0.305 e. The fraction of sp³-hybridized carbons (Fsp3) is 0.161. The number of nitrogens with one attached hydrogen (secondary N) is 1. The van der Waals surface area contributed by atoms with Gasteiger partial charge in [0.1, 0.15) is 23.8 Å². The molecule has 0 unspecified atom stereocenters. The zero-order valence-corrected chi connectivity index (χ0v) is 22.9. The summed E-state index contributed by atoms with van der Waals surface area (Å²) in [5.74, 6) is 1.26. The van der Waals surface area contributed by atoms with Crippen LogP contribution in [0.1, 0.15) is 33.1 Å². The third-order valence-electron chi connectivity index (χ3n) is 6.15. The number of esters is 1. The Kier molecular flexibility index (Phi) is 8.32. The van der Waals surface area contributed by atoms with Gasteiger partial charge in [0.15, 0.2) is 5.13 Å². The van der Waals surface area contributed by atoms with Gasteiger partial charge in [-0.25, -0.2) is 9.97 Å². The lowest BCUT2D eigenvalue weighted by Gasteiger charge is -2.06. The third kappa shape index (κ3) is 6.44. The number of amides is 1. The quantitative estimate of drug-likeness (QED) is 0.192. The number of aromatic nitrogens is 2. The molecule has 0 fully saturated rings. The van der Waals surface area contributed by atoms with Gasteiger partial charge in [0, 0.05) is 21.6 Å². The first kappa shape index (κ1) is 26.8. The van der Waals surface area contributed by atoms with E-state index in [1.165, 1.54) is 18.4 Å². The minimum atomic E-state index is -0.296. The van der Waals surface area contributed by atoms with Gasteiger partial charge in [-0.2, -0.15) is 0 Å². The summed E-state index contributed by atoms with van der Waals surface area (Å²) in [5, 5.41) is 3.34. The van der Waals surface area contributed by atoms with E-state index in [0.29, 0.717) is 40.2 Å². The molecule has 9 heteroatoms. The van der Waals surface area contributed by atoms with Crippen LogP contribution in [0, 0.1) is 6.92 Å². The Morgan fingerprint density at radius 2 is 1.57 bits per heavy atom. The molecule has 0 atom stereocenters. The van der Waals surface area contributed by atoms with Gasteiger partial charge in [-0.1, -0.05) is 48.5 Å². The van der Waals surface area contributed by atoms with Crippen LogP contribution < -0.4 is 10.1 Å². The fourth-order valence-corrected chi connectivity index (χ4v) is 4.98. The highest BCUT2D eigenvalue weighted by molar-refractivity contribution is 7.16. The van der Waals surface area contributed by atoms with Gasteiger partial charge in [0.05, 0.1) is 19.2 Å². The van der Waals surface area contributed by atoms with Crippen LogP contribution >= 0.6 is 11.3 Å². The van der Waals surface area contributed by atoms with Crippen LogP contribution in [0.4, 0.5) is 5.13 Å². The summed E-state index contributed by atoms with van der Waals surface area (Å²) in [6.45, 7) is 2.09. The van der Waals surface area contributed by atoms with E-state index in [-0.39, 0.29) is 24.9 Å². The second kappa shape index (κ2) is 12.4. The highest BCUT2D eigenvalue weighted by atomic mass is 32.1. The standard InChI is InChI=1S/C31H27N3O5S/c1-20-25(32-30(39-20)23-11-7-4-8-12-23)19-38-24-15-13-22(14-16-24)29(36)34-31-33-28(21-9-5-3-6-10-21)26(40-31)17-18-27(35)37-2/h3-16H,17-19H2,1-2H3,(H,33,34,36). The van der Waals surface area contributed by atoms with E-state index in [1.807, 2.05) is 67.6 Å². The highest BCUT2D eigenvalue weighted by Gasteiger charge is 2.17. The molecule has 1 amide bonds. The first-order valence-corrected chi connectivity index (χ1v) is 13.5. The van der Waals surface area contributed by atoms with E-state index in [4.69, 9.17) is 13.9 Å². The minimum Gasteiger partial charge on any atom is -0.487 e. The Bertz CT molecular complexity index is 1600. The number of methoxy groups -OCH3 is 1. The Labute approximate surface area is 235 Å². The molecule has 0 saturated carbocycles. The van der Waals surface area contributed by atoms with Crippen LogP contribution in [-0.2, 0) is 22.6 Å². The lowest BCUT2D eigenvalue weighted by atomic mass is 10.1. The van der Waals surface area contributed by atoms with E-state index < -0.39 is 0 Å². The Balaban J connectivity index is 1.23. The second-order valence-corrected chi connectivity index (χ2v) is 9.97. The summed E-state index contributed by atoms with van der Waals surface area (Å²) in [5.41, 5.74) is 3.73. The van der Waals surface area contributed by atoms with Crippen molar-refractivity contribution in [2.75, 3.05) is 12.4 Å². The van der Waals surface area contributed by atoms with Crippen molar-refractivity contribution in [2.45, 2.75) is 26.4 Å². The number of benzene rings is 3. The van der Waals surface area contributed by atoms with Crippen molar-refractivity contribution < 1.29 is 23.5 Å². The van der Waals surface area contributed by atoms with Crippen molar-refractivity contribution in [3.05, 3.63) is 107 Å². The Morgan fingerprint density at radius 1 is 0.900 bits per heavy atom. The maximum absolute atomic E-state index is 13.0. The number of ether oxygens (including phenoxy) is 2. The number of oxazole rings is 1. The lowest BCUT2D eigenvalue weighted by molar-refractivity contribution is -0.140. The smallest absolute Gasteiger partial charge is 0.305 e. The molecule has 0 saturated heterocycles. The SMILES string of the molecule is COC(=O)CCc1sc(NC(=O)c2ccc(OCc3nc(-c4ccccc4)oc3C)cc2)nc1-c1ccccc1. The van der Waals surface area contributed by atoms with Gasteiger partial charge in [-0.15, -0.1) is 11.3 Å². The minimum absolute atomic E-state index is 0.231. The summed E-state index contributed by atoms with van der Waals surface area (Å²) < 4.78 is 16.5. The average Bonchev–Trinajstić information content (AvgIpc) is 3.58. The molecular formula is C31H27N3O5S. The van der Waals surface area contributed by atoms with Gasteiger partial charge in [0.2, 0.25) is 5.89 Å². The molecular weight excluding hydrogens is 526 g/mol. The molecule has 0 spiro atoms. The van der Waals surface area contributed by atoms with Crippen molar-refractivity contribution in [1.82, 2.24) is 9.97 Å². The Morgan fingerprint density at radius 3 is 2.25 bits per heavy atom. The van der Waals surface area contributed by atoms with Crippen LogP contribution in [0.3, 0.4) is 0 Å². The first-order valence-electron chi connectivity index (χ1n) is 12.7. The number of thiazole rings is 1. The van der Waals surface area contributed by atoms with Crippen LogP contribution in [-0.4, -0.2) is 29.0 Å². The van der Waals surface area contributed by atoms with Gasteiger partial charge < -0.3 is 13.9 Å². The molecule has 0 aliphatic rings. The number of carbonyl (C=O) groups excluding carboxylic acids is 2. The molecule has 8 nitrogen and oxygen atoms in total. The third-order valence-corrected chi connectivity index (χ3v) is 7.18. The van der Waals surface area contributed by atoms with Gasteiger partial charge >= 0.3 is 5.97 Å². The number of hydrogen-bond donors (Lipinski definition) is 1. The van der Waals surface area contributed by atoms with Crippen molar-refractivity contribution >= 4 is 28.3 Å². The molecule has 0 aliphatic carbocycles. The van der Waals surface area contributed by atoms with Crippen LogP contribution in [0.15, 0.2) is 89.3 Å². The largest absolute Gasteiger partial charge is 0.487 e. The van der Waals surface area contributed by atoms with E-state index in [9.17, 15) is 9.59 Å². The van der Waals surface area contributed by atoms with E-state index in [1.54, 1.807) is 24.3 Å². The van der Waals surface area contributed by atoms with Crippen LogP contribution in [0.2, 0.25) is 0 Å². The molecule has 0 aliphatic heterocycles. The number of rotatable bonds is 10. The summed E-state index contributed by atoms with van der Waals surface area (Å²) in [6, 6.07) is 26.2. The predicted molar refractivity (Wildman–Crippen MR) is 153 cm³/mol. The van der Waals surface area contributed by atoms with E-state index in [0.717, 1.165) is 21.7 Å². The molecule has 0 radical (unpaired) electrons. The number of nitrogens with zero attached hydrogens (tertiary/aromatic N) is 2. The van der Waals surface area contributed by atoms with Crippen LogP contribution in [0.25, 0.3) is 22.7 Å². The summed E-state index contributed by atoms with van der Waals surface area (Å²) >= 11 is 1.35.